The SMILES string of the molecule is CC(=O)N1c2ccc(-n3cnc(C)c3)cc2[C@H](Nc2ccc(C(=O)O)c(C)c2)C[C@@H]1C. The Balaban J connectivity index is 1.75. The van der Waals surface area contributed by atoms with E-state index in [1.54, 1.807) is 32.3 Å². The predicted octanol–water partition coefficient (Wildman–Crippen LogP) is 4.49. The van der Waals surface area contributed by atoms with E-state index in [0.29, 0.717) is 11.1 Å². The van der Waals surface area contributed by atoms with Crippen LogP contribution in [0, 0.1) is 13.8 Å². The average molecular weight is 418 g/mol. The third-order valence-electron chi connectivity index (χ3n) is 5.81. The molecule has 0 radical (unpaired) electrons. The Labute approximate surface area is 181 Å². The molecule has 0 saturated heterocycles. The Morgan fingerprint density at radius 3 is 2.55 bits per heavy atom. The van der Waals surface area contributed by atoms with E-state index in [-0.39, 0.29) is 18.0 Å². The van der Waals surface area contributed by atoms with Crippen LogP contribution in [0.25, 0.3) is 5.69 Å². The van der Waals surface area contributed by atoms with Crippen molar-refractivity contribution in [2.75, 3.05) is 10.2 Å². The van der Waals surface area contributed by atoms with Gasteiger partial charge in [0, 0.05) is 41.8 Å². The number of aromatic nitrogens is 2. The molecule has 31 heavy (non-hydrogen) atoms. The highest BCUT2D eigenvalue weighted by atomic mass is 16.4. The number of hydrogen-bond donors (Lipinski definition) is 2. The Hall–Kier alpha value is -3.61. The van der Waals surface area contributed by atoms with Crippen LogP contribution in [0.3, 0.4) is 0 Å². The van der Waals surface area contributed by atoms with Crippen molar-refractivity contribution in [1.82, 2.24) is 9.55 Å². The number of carboxylic acids is 1. The second kappa shape index (κ2) is 7.91. The molecule has 7 nitrogen and oxygen atoms in total. The second-order valence-corrected chi connectivity index (χ2v) is 8.17. The van der Waals surface area contributed by atoms with Crippen LogP contribution in [-0.2, 0) is 4.79 Å². The van der Waals surface area contributed by atoms with Gasteiger partial charge in [-0.25, -0.2) is 9.78 Å². The molecule has 0 unspecified atom stereocenters. The van der Waals surface area contributed by atoms with Crippen molar-refractivity contribution < 1.29 is 14.7 Å². The zero-order valence-corrected chi connectivity index (χ0v) is 18.1. The molecule has 2 heterocycles. The summed E-state index contributed by atoms with van der Waals surface area (Å²) in [5.41, 5.74) is 5.67. The summed E-state index contributed by atoms with van der Waals surface area (Å²) in [7, 11) is 0. The number of carbonyl (C=O) groups excluding carboxylic acids is 1. The van der Waals surface area contributed by atoms with Gasteiger partial charge in [0.2, 0.25) is 5.91 Å². The molecule has 2 atom stereocenters. The molecule has 1 aliphatic rings. The maximum atomic E-state index is 12.4. The van der Waals surface area contributed by atoms with Gasteiger partial charge in [-0.05, 0) is 69.2 Å². The highest BCUT2D eigenvalue weighted by molar-refractivity contribution is 5.94. The number of imidazole rings is 1. The molecular weight excluding hydrogens is 392 g/mol. The van der Waals surface area contributed by atoms with Crippen LogP contribution in [-0.4, -0.2) is 32.6 Å². The first-order valence-corrected chi connectivity index (χ1v) is 10.3. The topological polar surface area (TPSA) is 87.5 Å². The van der Waals surface area contributed by atoms with Crippen molar-refractivity contribution in [3.63, 3.8) is 0 Å². The number of carboxylic acid groups (broad SMARTS) is 1. The molecular formula is C24H26N4O3. The number of aromatic carboxylic acids is 1. The summed E-state index contributed by atoms with van der Waals surface area (Å²) in [6.45, 7) is 7.38. The van der Waals surface area contributed by atoms with Crippen molar-refractivity contribution in [3.8, 4) is 5.69 Å². The van der Waals surface area contributed by atoms with Gasteiger partial charge in [0.05, 0.1) is 23.6 Å². The summed E-state index contributed by atoms with van der Waals surface area (Å²) in [5, 5.41) is 12.9. The first-order valence-electron chi connectivity index (χ1n) is 10.3. The van der Waals surface area contributed by atoms with Gasteiger partial charge in [0.25, 0.3) is 0 Å². The van der Waals surface area contributed by atoms with Crippen LogP contribution in [0.5, 0.6) is 0 Å². The third-order valence-corrected chi connectivity index (χ3v) is 5.81. The molecule has 160 valence electrons. The van der Waals surface area contributed by atoms with Crippen LogP contribution in [0.1, 0.15) is 53.5 Å². The predicted molar refractivity (Wildman–Crippen MR) is 120 cm³/mol. The van der Waals surface area contributed by atoms with Crippen LogP contribution in [0.15, 0.2) is 48.9 Å². The molecule has 0 aliphatic carbocycles. The zero-order valence-electron chi connectivity index (χ0n) is 18.1. The molecule has 4 rings (SSSR count). The Morgan fingerprint density at radius 1 is 1.16 bits per heavy atom. The summed E-state index contributed by atoms with van der Waals surface area (Å²) in [6, 6.07) is 11.4. The van der Waals surface area contributed by atoms with E-state index in [1.165, 1.54) is 0 Å². The molecule has 7 heteroatoms. The molecule has 0 bridgehead atoms. The number of hydrogen-bond acceptors (Lipinski definition) is 4. The number of aryl methyl sites for hydroxylation is 2. The lowest BCUT2D eigenvalue weighted by Gasteiger charge is -2.39. The van der Waals surface area contributed by atoms with Crippen molar-refractivity contribution in [3.05, 3.63) is 71.3 Å². The fourth-order valence-corrected chi connectivity index (χ4v) is 4.39. The molecule has 1 aliphatic heterocycles. The van der Waals surface area contributed by atoms with Gasteiger partial charge in [-0.15, -0.1) is 0 Å². The Bertz CT molecular complexity index is 1170. The minimum absolute atomic E-state index is 0.0140. The number of anilines is 2. The maximum Gasteiger partial charge on any atom is 0.335 e. The molecule has 1 aromatic heterocycles. The monoisotopic (exact) mass is 418 g/mol. The van der Waals surface area contributed by atoms with Crippen molar-refractivity contribution >= 4 is 23.3 Å². The van der Waals surface area contributed by atoms with E-state index in [2.05, 4.69) is 16.4 Å². The van der Waals surface area contributed by atoms with Crippen LogP contribution >= 0.6 is 0 Å². The number of benzene rings is 2. The van der Waals surface area contributed by atoms with E-state index in [4.69, 9.17) is 0 Å². The molecule has 1 amide bonds. The van der Waals surface area contributed by atoms with Gasteiger partial charge in [-0.2, -0.15) is 0 Å². The first kappa shape index (κ1) is 20.7. The highest BCUT2D eigenvalue weighted by Crippen LogP contribution is 2.40. The van der Waals surface area contributed by atoms with E-state index >= 15 is 0 Å². The van der Waals surface area contributed by atoms with E-state index in [1.807, 2.05) is 47.7 Å². The van der Waals surface area contributed by atoms with Crippen molar-refractivity contribution in [2.45, 2.75) is 46.2 Å². The summed E-state index contributed by atoms with van der Waals surface area (Å²) in [4.78, 5) is 29.9. The average Bonchev–Trinajstić information content (AvgIpc) is 3.13. The second-order valence-electron chi connectivity index (χ2n) is 8.17. The lowest BCUT2D eigenvalue weighted by Crippen LogP contribution is -2.43. The molecule has 0 fully saturated rings. The normalized spacial score (nSPS) is 17.9. The van der Waals surface area contributed by atoms with Gasteiger partial charge in [0.15, 0.2) is 0 Å². The van der Waals surface area contributed by atoms with E-state index < -0.39 is 5.97 Å². The first-order chi connectivity index (χ1) is 14.7. The standard InChI is InChI=1S/C24H26N4O3/c1-14-9-18(5-7-20(14)24(30)31)26-22-10-16(3)28(17(4)29)23-8-6-19(11-21(22)23)27-12-15(2)25-13-27/h5-9,11-13,16,22,26H,10H2,1-4H3,(H,30,31)/t16-,22+/m0/s1. The summed E-state index contributed by atoms with van der Waals surface area (Å²) in [5.74, 6) is -0.918. The number of fused-ring (bicyclic) bond motifs is 1. The largest absolute Gasteiger partial charge is 0.478 e. The Morgan fingerprint density at radius 2 is 1.94 bits per heavy atom. The van der Waals surface area contributed by atoms with E-state index in [0.717, 1.165) is 34.7 Å². The minimum Gasteiger partial charge on any atom is -0.478 e. The van der Waals surface area contributed by atoms with Gasteiger partial charge in [-0.3, -0.25) is 4.79 Å². The number of carbonyl (C=O) groups is 2. The quantitative estimate of drug-likeness (QED) is 0.652. The van der Waals surface area contributed by atoms with Crippen molar-refractivity contribution in [1.29, 1.82) is 0 Å². The number of amides is 1. The number of rotatable bonds is 4. The maximum absolute atomic E-state index is 12.4. The fraction of sp³-hybridized carbons (Fsp3) is 0.292. The van der Waals surface area contributed by atoms with Crippen LogP contribution in [0.4, 0.5) is 11.4 Å². The van der Waals surface area contributed by atoms with Gasteiger partial charge in [0.1, 0.15) is 0 Å². The molecule has 2 aromatic carbocycles. The smallest absolute Gasteiger partial charge is 0.335 e. The highest BCUT2D eigenvalue weighted by Gasteiger charge is 2.32. The number of nitrogens with zero attached hydrogens (tertiary/aromatic N) is 3. The summed E-state index contributed by atoms with van der Waals surface area (Å²) in [6.07, 6.45) is 4.48. The molecule has 2 N–H and O–H groups in total. The minimum atomic E-state index is -0.932. The molecule has 0 saturated carbocycles. The third kappa shape index (κ3) is 3.91. The van der Waals surface area contributed by atoms with Gasteiger partial charge in [-0.1, -0.05) is 0 Å². The fourth-order valence-electron chi connectivity index (χ4n) is 4.39. The lowest BCUT2D eigenvalue weighted by molar-refractivity contribution is -0.117. The van der Waals surface area contributed by atoms with E-state index in [9.17, 15) is 14.7 Å². The summed E-state index contributed by atoms with van der Waals surface area (Å²) < 4.78 is 1.97. The lowest BCUT2D eigenvalue weighted by atomic mass is 9.90. The Kier molecular flexibility index (Phi) is 5.27. The summed E-state index contributed by atoms with van der Waals surface area (Å²) >= 11 is 0. The molecule has 0 spiro atoms. The van der Waals surface area contributed by atoms with Crippen molar-refractivity contribution in [2.24, 2.45) is 0 Å². The van der Waals surface area contributed by atoms with Crippen LogP contribution in [0.2, 0.25) is 0 Å². The van der Waals surface area contributed by atoms with Gasteiger partial charge < -0.3 is 19.9 Å². The van der Waals surface area contributed by atoms with Crippen LogP contribution < -0.4 is 10.2 Å². The zero-order chi connectivity index (χ0) is 22.3. The molecule has 3 aromatic rings. The number of nitrogens with one attached hydrogen (secondary N) is 1. The van der Waals surface area contributed by atoms with Gasteiger partial charge >= 0.3 is 5.97 Å².